The van der Waals surface area contributed by atoms with Gasteiger partial charge in [-0.3, -0.25) is 9.89 Å². The summed E-state index contributed by atoms with van der Waals surface area (Å²) in [6.45, 7) is 2.02. The Morgan fingerprint density at radius 2 is 2.18 bits per heavy atom. The predicted molar refractivity (Wildman–Crippen MR) is 65.1 cm³/mol. The van der Waals surface area contributed by atoms with Crippen LogP contribution in [0.15, 0.2) is 36.7 Å². The quantitative estimate of drug-likeness (QED) is 0.658. The number of H-pyrrole nitrogens is 2. The Labute approximate surface area is 97.7 Å². The summed E-state index contributed by atoms with van der Waals surface area (Å²) in [5.41, 5.74) is 3.32. The Morgan fingerprint density at radius 1 is 1.29 bits per heavy atom. The topological polar surface area (TPSA) is 61.5 Å². The van der Waals surface area contributed by atoms with Crippen molar-refractivity contribution in [2.24, 2.45) is 0 Å². The van der Waals surface area contributed by atoms with Crippen molar-refractivity contribution in [2.45, 2.75) is 6.92 Å². The number of hydrogen-bond acceptors (Lipinski definition) is 2. The molecule has 0 bridgehead atoms. The first-order valence-corrected chi connectivity index (χ1v) is 5.37. The van der Waals surface area contributed by atoms with E-state index in [4.69, 9.17) is 0 Å². The van der Waals surface area contributed by atoms with Gasteiger partial charge < -0.3 is 4.98 Å². The third-order valence-corrected chi connectivity index (χ3v) is 2.83. The summed E-state index contributed by atoms with van der Waals surface area (Å²) in [4.78, 5) is 15.3. The van der Waals surface area contributed by atoms with Gasteiger partial charge in [0.2, 0.25) is 5.78 Å². The summed E-state index contributed by atoms with van der Waals surface area (Å²) < 4.78 is 0. The molecule has 4 nitrogen and oxygen atoms in total. The van der Waals surface area contributed by atoms with Crippen molar-refractivity contribution < 1.29 is 4.79 Å². The smallest absolute Gasteiger partial charge is 0.212 e. The van der Waals surface area contributed by atoms with Crippen LogP contribution in [-0.2, 0) is 0 Å². The average Bonchev–Trinajstić information content (AvgIpc) is 2.96. The molecule has 0 radical (unpaired) electrons. The van der Waals surface area contributed by atoms with E-state index >= 15 is 0 Å². The van der Waals surface area contributed by atoms with E-state index in [2.05, 4.69) is 15.2 Å². The second-order valence-corrected chi connectivity index (χ2v) is 4.05. The lowest BCUT2D eigenvalue weighted by atomic mass is 10.1. The standard InChI is InChI=1S/C13H11N3O/c1-8-2-3-9-10(7-14-12(9)6-8)13(17)11-4-5-15-16-11/h2-7,14H,1H3,(H,15,16). The van der Waals surface area contributed by atoms with Crippen molar-refractivity contribution in [3.8, 4) is 0 Å². The van der Waals surface area contributed by atoms with Gasteiger partial charge in [0, 0.05) is 28.9 Å². The van der Waals surface area contributed by atoms with E-state index < -0.39 is 0 Å². The van der Waals surface area contributed by atoms with Crippen molar-refractivity contribution in [1.29, 1.82) is 0 Å². The van der Waals surface area contributed by atoms with Gasteiger partial charge in [-0.15, -0.1) is 0 Å². The van der Waals surface area contributed by atoms with Gasteiger partial charge in [-0.05, 0) is 24.6 Å². The van der Waals surface area contributed by atoms with Crippen LogP contribution in [0.25, 0.3) is 10.9 Å². The third-order valence-electron chi connectivity index (χ3n) is 2.83. The van der Waals surface area contributed by atoms with E-state index in [0.717, 1.165) is 10.9 Å². The molecule has 0 aliphatic rings. The predicted octanol–water partition coefficient (Wildman–Crippen LogP) is 2.43. The maximum atomic E-state index is 12.2. The van der Waals surface area contributed by atoms with Crippen molar-refractivity contribution in [3.05, 3.63) is 53.5 Å². The van der Waals surface area contributed by atoms with E-state index in [9.17, 15) is 4.79 Å². The SMILES string of the molecule is Cc1ccc2c(C(=O)c3ccn[nH]3)c[nH]c2c1. The molecule has 0 atom stereocenters. The summed E-state index contributed by atoms with van der Waals surface area (Å²) in [5, 5.41) is 7.42. The van der Waals surface area contributed by atoms with Crippen molar-refractivity contribution in [3.63, 3.8) is 0 Å². The molecule has 17 heavy (non-hydrogen) atoms. The summed E-state index contributed by atoms with van der Waals surface area (Å²) in [5.74, 6) is -0.0439. The molecule has 3 rings (SSSR count). The molecule has 0 aliphatic heterocycles. The highest BCUT2D eigenvalue weighted by Crippen LogP contribution is 2.21. The van der Waals surface area contributed by atoms with Crippen molar-refractivity contribution >= 4 is 16.7 Å². The largest absolute Gasteiger partial charge is 0.360 e. The molecule has 0 saturated carbocycles. The highest BCUT2D eigenvalue weighted by Gasteiger charge is 2.14. The lowest BCUT2D eigenvalue weighted by molar-refractivity contribution is 0.103. The fourth-order valence-electron chi connectivity index (χ4n) is 1.96. The Morgan fingerprint density at radius 3 is 2.94 bits per heavy atom. The van der Waals surface area contributed by atoms with Crippen LogP contribution in [0.2, 0.25) is 0 Å². The molecule has 3 aromatic rings. The molecule has 84 valence electrons. The van der Waals surface area contributed by atoms with E-state index in [1.807, 2.05) is 25.1 Å². The van der Waals surface area contributed by atoms with Gasteiger partial charge in [-0.25, -0.2) is 0 Å². The Kier molecular flexibility index (Phi) is 2.08. The minimum atomic E-state index is -0.0439. The van der Waals surface area contributed by atoms with Gasteiger partial charge in [0.1, 0.15) is 5.69 Å². The number of carbonyl (C=O) groups is 1. The van der Waals surface area contributed by atoms with E-state index in [-0.39, 0.29) is 5.78 Å². The maximum absolute atomic E-state index is 12.2. The van der Waals surface area contributed by atoms with Crippen LogP contribution in [0.3, 0.4) is 0 Å². The first-order valence-electron chi connectivity index (χ1n) is 5.37. The lowest BCUT2D eigenvalue weighted by Gasteiger charge is -1.97. The Bertz CT molecular complexity index is 680. The Hall–Kier alpha value is -2.36. The zero-order valence-corrected chi connectivity index (χ0v) is 9.32. The van der Waals surface area contributed by atoms with Gasteiger partial charge in [0.15, 0.2) is 0 Å². The number of fused-ring (bicyclic) bond motifs is 1. The molecular formula is C13H11N3O. The van der Waals surface area contributed by atoms with Gasteiger partial charge in [-0.1, -0.05) is 12.1 Å². The number of benzene rings is 1. The van der Waals surface area contributed by atoms with Crippen molar-refractivity contribution in [2.75, 3.05) is 0 Å². The second kappa shape index (κ2) is 3.59. The molecule has 2 N–H and O–H groups in total. The lowest BCUT2D eigenvalue weighted by Crippen LogP contribution is -2.00. The minimum Gasteiger partial charge on any atom is -0.360 e. The highest BCUT2D eigenvalue weighted by molar-refractivity contribution is 6.15. The van der Waals surface area contributed by atoms with Crippen LogP contribution in [0.5, 0.6) is 0 Å². The number of aromatic nitrogens is 3. The van der Waals surface area contributed by atoms with Crippen LogP contribution in [0, 0.1) is 6.92 Å². The number of aromatic amines is 2. The average molecular weight is 225 g/mol. The van der Waals surface area contributed by atoms with Crippen LogP contribution in [-0.4, -0.2) is 21.0 Å². The summed E-state index contributed by atoms with van der Waals surface area (Å²) in [7, 11) is 0. The molecule has 4 heteroatoms. The van der Waals surface area contributed by atoms with Gasteiger partial charge >= 0.3 is 0 Å². The molecule has 2 aromatic heterocycles. The zero-order valence-electron chi connectivity index (χ0n) is 9.32. The van der Waals surface area contributed by atoms with Crippen molar-refractivity contribution in [1.82, 2.24) is 15.2 Å². The van der Waals surface area contributed by atoms with Crippen LogP contribution in [0.1, 0.15) is 21.6 Å². The van der Waals surface area contributed by atoms with Gasteiger partial charge in [0.25, 0.3) is 0 Å². The van der Waals surface area contributed by atoms with Crippen LogP contribution >= 0.6 is 0 Å². The monoisotopic (exact) mass is 225 g/mol. The third kappa shape index (κ3) is 1.54. The fourth-order valence-corrected chi connectivity index (χ4v) is 1.96. The maximum Gasteiger partial charge on any atom is 0.212 e. The molecule has 0 aliphatic carbocycles. The normalized spacial score (nSPS) is 10.9. The first kappa shape index (κ1) is 9.84. The number of hydrogen-bond donors (Lipinski definition) is 2. The number of nitrogens with zero attached hydrogens (tertiary/aromatic N) is 1. The summed E-state index contributed by atoms with van der Waals surface area (Å²) in [6, 6.07) is 7.67. The molecule has 0 amide bonds. The second-order valence-electron chi connectivity index (χ2n) is 4.05. The molecule has 0 fully saturated rings. The van der Waals surface area contributed by atoms with Gasteiger partial charge in [0.05, 0.1) is 0 Å². The number of aryl methyl sites for hydroxylation is 1. The fraction of sp³-hybridized carbons (Fsp3) is 0.0769. The summed E-state index contributed by atoms with van der Waals surface area (Å²) >= 11 is 0. The zero-order chi connectivity index (χ0) is 11.8. The minimum absolute atomic E-state index is 0.0439. The number of nitrogens with one attached hydrogen (secondary N) is 2. The van der Waals surface area contributed by atoms with Gasteiger partial charge in [-0.2, -0.15) is 5.10 Å². The molecule has 0 saturated heterocycles. The molecule has 0 unspecified atom stereocenters. The number of carbonyl (C=O) groups excluding carboxylic acids is 1. The number of ketones is 1. The highest BCUT2D eigenvalue weighted by atomic mass is 16.1. The Balaban J connectivity index is 2.15. The van der Waals surface area contributed by atoms with E-state index in [0.29, 0.717) is 11.3 Å². The molecule has 2 heterocycles. The molecule has 1 aromatic carbocycles. The molecule has 0 spiro atoms. The number of rotatable bonds is 2. The first-order chi connectivity index (χ1) is 8.25. The van der Waals surface area contributed by atoms with Crippen LogP contribution < -0.4 is 0 Å². The van der Waals surface area contributed by atoms with E-state index in [1.165, 1.54) is 5.56 Å². The molecular weight excluding hydrogens is 214 g/mol. The summed E-state index contributed by atoms with van der Waals surface area (Å²) in [6.07, 6.45) is 3.32. The van der Waals surface area contributed by atoms with E-state index in [1.54, 1.807) is 18.5 Å². The van der Waals surface area contributed by atoms with Crippen LogP contribution in [0.4, 0.5) is 0 Å².